The highest BCUT2D eigenvalue weighted by Gasteiger charge is 2.27. The van der Waals surface area contributed by atoms with Crippen LogP contribution in [0.3, 0.4) is 0 Å². The van der Waals surface area contributed by atoms with Gasteiger partial charge < -0.3 is 0 Å². The summed E-state index contributed by atoms with van der Waals surface area (Å²) in [5.74, 6) is 0.567. The number of aromatic nitrogens is 4. The minimum Gasteiger partial charge on any atom is -0.294 e. The van der Waals surface area contributed by atoms with E-state index >= 15 is 0 Å². The van der Waals surface area contributed by atoms with Crippen LogP contribution in [0.25, 0.3) is 21.7 Å². The van der Waals surface area contributed by atoms with Crippen LogP contribution in [0, 0.1) is 0 Å². The predicted octanol–water partition coefficient (Wildman–Crippen LogP) is 4.38. The molecule has 32 heavy (non-hydrogen) atoms. The molecule has 0 radical (unpaired) electrons. The Labute approximate surface area is 193 Å². The van der Waals surface area contributed by atoms with Gasteiger partial charge in [-0.05, 0) is 35.9 Å². The summed E-state index contributed by atoms with van der Waals surface area (Å²) < 4.78 is 3.76. The number of para-hydroxylation sites is 1. The number of rotatable bonds is 4. The highest BCUT2D eigenvalue weighted by Crippen LogP contribution is 2.36. The number of nitrogens with zero attached hydrogens (tertiary/aromatic N) is 5. The second-order valence-corrected chi connectivity index (χ2v) is 9.79. The van der Waals surface area contributed by atoms with Gasteiger partial charge in [0, 0.05) is 24.5 Å². The molecule has 8 heteroatoms. The van der Waals surface area contributed by atoms with Gasteiger partial charge in [0.15, 0.2) is 5.16 Å². The summed E-state index contributed by atoms with van der Waals surface area (Å²) in [5.41, 5.74) is 3.31. The number of thioether (sulfide) groups is 1. The van der Waals surface area contributed by atoms with Crippen molar-refractivity contribution in [3.8, 4) is 5.69 Å². The van der Waals surface area contributed by atoms with Crippen LogP contribution in [0.4, 0.5) is 0 Å². The topological polar surface area (TPSA) is 55.4 Å². The molecule has 3 aromatic heterocycles. The third-order valence-corrected chi connectivity index (χ3v) is 7.83. The Hall–Kier alpha value is -2.94. The first kappa shape index (κ1) is 19.7. The van der Waals surface area contributed by atoms with E-state index in [0.29, 0.717) is 5.78 Å². The van der Waals surface area contributed by atoms with E-state index in [1.54, 1.807) is 27.7 Å². The lowest BCUT2D eigenvalue weighted by Gasteiger charge is -2.26. The zero-order valence-corrected chi connectivity index (χ0v) is 19.2. The standard InChI is InChI=1S/C24H21N5OS2/c1-31-24-26-25-23-28(17-10-6-3-7-11-17)21(30)20-18-12-13-27(14-16-8-4-2-5-9-16)15-19(18)32-22(20)29(23)24/h2-11H,12-15H2,1H3. The number of hydrogen-bond acceptors (Lipinski definition) is 6. The quantitative estimate of drug-likeness (QED) is 0.374. The summed E-state index contributed by atoms with van der Waals surface area (Å²) in [5, 5.41) is 10.4. The van der Waals surface area contributed by atoms with Crippen LogP contribution in [0.15, 0.2) is 70.6 Å². The first-order valence-electron chi connectivity index (χ1n) is 10.5. The Morgan fingerprint density at radius 1 is 1.03 bits per heavy atom. The van der Waals surface area contributed by atoms with E-state index in [1.165, 1.54) is 16.0 Å². The summed E-state index contributed by atoms with van der Waals surface area (Å²) in [6, 6.07) is 20.3. The van der Waals surface area contributed by atoms with E-state index < -0.39 is 0 Å². The fourth-order valence-corrected chi connectivity index (χ4v) is 6.44. The Morgan fingerprint density at radius 3 is 2.53 bits per heavy atom. The van der Waals surface area contributed by atoms with Gasteiger partial charge in [-0.3, -0.25) is 9.69 Å². The fraction of sp³-hybridized carbons (Fsp3) is 0.208. The Bertz CT molecular complexity index is 1490. The van der Waals surface area contributed by atoms with Crippen molar-refractivity contribution in [2.75, 3.05) is 12.8 Å². The van der Waals surface area contributed by atoms with Crippen molar-refractivity contribution >= 4 is 39.1 Å². The number of fused-ring (bicyclic) bond motifs is 5. The van der Waals surface area contributed by atoms with E-state index in [4.69, 9.17) is 0 Å². The average Bonchev–Trinajstić information content (AvgIpc) is 3.42. The van der Waals surface area contributed by atoms with E-state index in [1.807, 2.05) is 36.6 Å². The lowest BCUT2D eigenvalue weighted by atomic mass is 10.0. The molecule has 1 aliphatic rings. The summed E-state index contributed by atoms with van der Waals surface area (Å²) >= 11 is 3.26. The normalized spacial score (nSPS) is 14.3. The molecule has 2 aromatic carbocycles. The van der Waals surface area contributed by atoms with Gasteiger partial charge >= 0.3 is 0 Å². The van der Waals surface area contributed by atoms with Crippen LogP contribution < -0.4 is 5.56 Å². The number of thiophene rings is 1. The van der Waals surface area contributed by atoms with Crippen molar-refractivity contribution in [2.45, 2.75) is 24.7 Å². The molecule has 0 amide bonds. The highest BCUT2D eigenvalue weighted by atomic mass is 32.2. The second-order valence-electron chi connectivity index (χ2n) is 7.93. The molecule has 0 aliphatic carbocycles. The van der Waals surface area contributed by atoms with E-state index in [2.05, 4.69) is 49.8 Å². The Morgan fingerprint density at radius 2 is 1.78 bits per heavy atom. The molecule has 0 fully saturated rings. The fourth-order valence-electron chi connectivity index (χ4n) is 4.53. The summed E-state index contributed by atoms with van der Waals surface area (Å²) in [6.07, 6.45) is 2.86. The van der Waals surface area contributed by atoms with Gasteiger partial charge in [0.05, 0.1) is 11.1 Å². The molecule has 0 unspecified atom stereocenters. The van der Waals surface area contributed by atoms with Gasteiger partial charge in [-0.1, -0.05) is 60.3 Å². The maximum atomic E-state index is 13.8. The van der Waals surface area contributed by atoms with Crippen molar-refractivity contribution < 1.29 is 0 Å². The highest BCUT2D eigenvalue weighted by molar-refractivity contribution is 7.98. The lowest BCUT2D eigenvalue weighted by molar-refractivity contribution is 0.249. The molecule has 0 saturated carbocycles. The summed E-state index contributed by atoms with van der Waals surface area (Å²) in [4.78, 5) is 18.5. The lowest BCUT2D eigenvalue weighted by Crippen LogP contribution is -2.30. The SMILES string of the molecule is CSc1nnc2n(-c3ccccc3)c(=O)c3c4c(sc3n12)CN(Cc1ccccc1)CC4. The van der Waals surface area contributed by atoms with Crippen molar-refractivity contribution in [3.63, 3.8) is 0 Å². The molecule has 6 rings (SSSR count). The van der Waals surface area contributed by atoms with Crippen LogP contribution in [-0.4, -0.2) is 36.9 Å². The maximum Gasteiger partial charge on any atom is 0.268 e. The third kappa shape index (κ3) is 3.09. The summed E-state index contributed by atoms with van der Waals surface area (Å²) in [7, 11) is 0. The Balaban J connectivity index is 1.54. The molecule has 0 N–H and O–H groups in total. The van der Waals surface area contributed by atoms with Gasteiger partial charge in [-0.15, -0.1) is 21.5 Å². The maximum absolute atomic E-state index is 13.8. The minimum atomic E-state index is -0.00670. The van der Waals surface area contributed by atoms with Crippen molar-refractivity contribution in [2.24, 2.45) is 0 Å². The summed E-state index contributed by atoms with van der Waals surface area (Å²) in [6.45, 7) is 2.71. The van der Waals surface area contributed by atoms with Crippen LogP contribution in [0.5, 0.6) is 0 Å². The molecule has 0 saturated heterocycles. The van der Waals surface area contributed by atoms with Gasteiger partial charge in [0.1, 0.15) is 4.83 Å². The first-order chi connectivity index (χ1) is 15.7. The van der Waals surface area contributed by atoms with E-state index in [-0.39, 0.29) is 5.56 Å². The number of hydrogen-bond donors (Lipinski definition) is 0. The smallest absolute Gasteiger partial charge is 0.268 e. The molecular formula is C24H21N5OS2. The van der Waals surface area contributed by atoms with Crippen LogP contribution >= 0.6 is 23.1 Å². The van der Waals surface area contributed by atoms with Gasteiger partial charge in [0.25, 0.3) is 5.56 Å². The van der Waals surface area contributed by atoms with Crippen molar-refractivity contribution in [1.29, 1.82) is 0 Å². The third-order valence-electron chi connectivity index (χ3n) is 6.00. The molecule has 0 bridgehead atoms. The largest absolute Gasteiger partial charge is 0.294 e. The molecule has 160 valence electrons. The first-order valence-corrected chi connectivity index (χ1v) is 12.6. The zero-order chi connectivity index (χ0) is 21.7. The van der Waals surface area contributed by atoms with Crippen molar-refractivity contribution in [3.05, 3.63) is 87.0 Å². The molecule has 4 heterocycles. The predicted molar refractivity (Wildman–Crippen MR) is 130 cm³/mol. The monoisotopic (exact) mass is 459 g/mol. The average molecular weight is 460 g/mol. The molecular weight excluding hydrogens is 438 g/mol. The van der Waals surface area contributed by atoms with Crippen molar-refractivity contribution in [1.82, 2.24) is 24.1 Å². The molecule has 1 aliphatic heterocycles. The van der Waals surface area contributed by atoms with Crippen LogP contribution in [0.2, 0.25) is 0 Å². The van der Waals surface area contributed by atoms with Gasteiger partial charge in [0.2, 0.25) is 5.78 Å². The van der Waals surface area contributed by atoms with Crippen LogP contribution in [0.1, 0.15) is 16.0 Å². The van der Waals surface area contributed by atoms with Gasteiger partial charge in [-0.2, -0.15) is 0 Å². The Kier molecular flexibility index (Phi) is 4.86. The number of benzene rings is 2. The van der Waals surface area contributed by atoms with E-state index in [0.717, 1.165) is 47.1 Å². The van der Waals surface area contributed by atoms with Gasteiger partial charge in [-0.25, -0.2) is 8.97 Å². The minimum absolute atomic E-state index is 0.00670. The van der Waals surface area contributed by atoms with Crippen LogP contribution in [-0.2, 0) is 19.5 Å². The van der Waals surface area contributed by atoms with E-state index in [9.17, 15) is 4.79 Å². The molecule has 6 nitrogen and oxygen atoms in total. The zero-order valence-electron chi connectivity index (χ0n) is 17.6. The molecule has 0 spiro atoms. The second kappa shape index (κ2) is 7.88. The molecule has 0 atom stereocenters. The molecule has 5 aromatic rings.